The largest absolute Gasteiger partial charge is 0.465 e. The maximum atomic E-state index is 12.2. The summed E-state index contributed by atoms with van der Waals surface area (Å²) in [6.45, 7) is 7.49. The first-order valence-corrected chi connectivity index (χ1v) is 11.2. The molecule has 5 nitrogen and oxygen atoms in total. The molecule has 0 aliphatic heterocycles. The van der Waals surface area contributed by atoms with Crippen molar-refractivity contribution in [3.63, 3.8) is 0 Å². The van der Waals surface area contributed by atoms with Crippen molar-refractivity contribution in [2.45, 2.75) is 76.8 Å². The first-order chi connectivity index (χ1) is 14.8. The highest BCUT2D eigenvalue weighted by Crippen LogP contribution is 2.34. The Hall–Kier alpha value is -2.37. The molecule has 3 unspecified atom stereocenters. The average molecular weight is 425 g/mol. The van der Waals surface area contributed by atoms with E-state index in [2.05, 4.69) is 53.4 Å². The molecular weight excluding hydrogens is 388 g/mol. The summed E-state index contributed by atoms with van der Waals surface area (Å²) in [5, 5.41) is 10.0. The zero-order valence-corrected chi connectivity index (χ0v) is 19.2. The fourth-order valence-corrected chi connectivity index (χ4v) is 4.95. The van der Waals surface area contributed by atoms with Crippen LogP contribution in [-0.2, 0) is 17.8 Å². The van der Waals surface area contributed by atoms with Crippen molar-refractivity contribution < 1.29 is 14.6 Å². The van der Waals surface area contributed by atoms with E-state index in [1.807, 2.05) is 32.9 Å². The van der Waals surface area contributed by atoms with Crippen molar-refractivity contribution >= 4 is 6.09 Å². The second-order valence-corrected chi connectivity index (χ2v) is 9.47. The Balaban J connectivity index is 1.92. The van der Waals surface area contributed by atoms with Gasteiger partial charge >= 0.3 is 6.09 Å². The molecule has 1 aliphatic carbocycles. The van der Waals surface area contributed by atoms with Gasteiger partial charge in [0.1, 0.15) is 0 Å². The Morgan fingerprint density at radius 3 is 1.84 bits per heavy atom. The summed E-state index contributed by atoms with van der Waals surface area (Å²) in [7, 11) is 1.72. The molecule has 0 aromatic heterocycles. The van der Waals surface area contributed by atoms with Crippen LogP contribution >= 0.6 is 0 Å². The zero-order chi connectivity index (χ0) is 22.4. The Morgan fingerprint density at radius 1 is 0.935 bits per heavy atom. The molecule has 0 saturated heterocycles. The van der Waals surface area contributed by atoms with Crippen LogP contribution in [0.3, 0.4) is 0 Å². The first-order valence-electron chi connectivity index (χ1n) is 11.2. The molecule has 0 bridgehead atoms. The molecule has 1 saturated carbocycles. The van der Waals surface area contributed by atoms with Crippen LogP contribution in [0.5, 0.6) is 0 Å². The number of rotatable bonds is 7. The molecular formula is C26H36N2O3. The van der Waals surface area contributed by atoms with Crippen molar-refractivity contribution in [2.75, 3.05) is 7.11 Å². The van der Waals surface area contributed by atoms with Gasteiger partial charge in [0.25, 0.3) is 0 Å². The summed E-state index contributed by atoms with van der Waals surface area (Å²) in [5.41, 5.74) is 2.02. The van der Waals surface area contributed by atoms with Crippen LogP contribution in [0, 0.1) is 0 Å². The molecule has 1 N–H and O–H groups in total. The fraction of sp³-hybridized carbons (Fsp3) is 0.500. The minimum Gasteiger partial charge on any atom is -0.465 e. The van der Waals surface area contributed by atoms with Gasteiger partial charge in [-0.15, -0.1) is 0 Å². The second kappa shape index (κ2) is 10.3. The van der Waals surface area contributed by atoms with Gasteiger partial charge in [-0.1, -0.05) is 60.7 Å². The van der Waals surface area contributed by atoms with E-state index in [0.717, 1.165) is 32.4 Å². The lowest BCUT2D eigenvalue weighted by molar-refractivity contribution is -0.0805. The van der Waals surface area contributed by atoms with Crippen molar-refractivity contribution in [1.29, 1.82) is 0 Å². The summed E-state index contributed by atoms with van der Waals surface area (Å²) in [6, 6.07) is 20.9. The van der Waals surface area contributed by atoms with E-state index in [0.29, 0.717) is 0 Å². The van der Waals surface area contributed by atoms with Gasteiger partial charge in [0.2, 0.25) is 0 Å². The second-order valence-electron chi connectivity index (χ2n) is 9.47. The molecule has 31 heavy (non-hydrogen) atoms. The Kier molecular flexibility index (Phi) is 7.74. The highest BCUT2D eigenvalue weighted by atomic mass is 16.5. The van der Waals surface area contributed by atoms with Crippen LogP contribution < -0.4 is 0 Å². The standard InChI is InChI=1S/C26H36N2O3/c1-26(2,3)28(25(29)30)23-17-11-16-22(24(23)31-4)27(18-20-12-7-5-8-13-20)19-21-14-9-6-10-15-21/h5-10,12-15,22-24H,11,16-19H2,1-4H3,(H,29,30). The molecule has 0 heterocycles. The molecule has 2 aromatic rings. The third-order valence-electron chi connectivity index (χ3n) is 6.22. The molecule has 3 atom stereocenters. The van der Waals surface area contributed by atoms with Crippen molar-refractivity contribution in [3.8, 4) is 0 Å². The molecule has 3 rings (SSSR count). The van der Waals surface area contributed by atoms with Gasteiger partial charge in [0.15, 0.2) is 0 Å². The summed E-state index contributed by atoms with van der Waals surface area (Å²) in [5.74, 6) is 0. The van der Waals surface area contributed by atoms with Crippen molar-refractivity contribution in [1.82, 2.24) is 9.80 Å². The smallest absolute Gasteiger partial charge is 0.408 e. The number of benzene rings is 2. The lowest BCUT2D eigenvalue weighted by Gasteiger charge is -2.49. The third kappa shape index (κ3) is 5.86. The predicted octanol–water partition coefficient (Wildman–Crippen LogP) is 5.40. The number of hydrogen-bond donors (Lipinski definition) is 1. The van der Waals surface area contributed by atoms with E-state index in [1.165, 1.54) is 11.1 Å². The monoisotopic (exact) mass is 424 g/mol. The fourth-order valence-electron chi connectivity index (χ4n) is 4.95. The first kappa shape index (κ1) is 23.3. The SMILES string of the molecule is COC1C(N(Cc2ccccc2)Cc2ccccc2)CCCC1N(C(=O)O)C(C)(C)C. The number of amides is 1. The number of ether oxygens (including phenoxy) is 1. The van der Waals surface area contributed by atoms with Crippen LogP contribution in [0.15, 0.2) is 60.7 Å². The number of carbonyl (C=O) groups is 1. The van der Waals surface area contributed by atoms with E-state index in [-0.39, 0.29) is 18.2 Å². The van der Waals surface area contributed by atoms with Crippen molar-refractivity contribution in [2.24, 2.45) is 0 Å². The summed E-state index contributed by atoms with van der Waals surface area (Å²) < 4.78 is 6.05. The Bertz CT molecular complexity index is 778. The molecule has 168 valence electrons. The van der Waals surface area contributed by atoms with Crippen LogP contribution in [0.25, 0.3) is 0 Å². The molecule has 1 amide bonds. The molecule has 1 fully saturated rings. The Morgan fingerprint density at radius 2 is 1.42 bits per heavy atom. The van der Waals surface area contributed by atoms with Gasteiger partial charge < -0.3 is 9.84 Å². The van der Waals surface area contributed by atoms with E-state index < -0.39 is 11.6 Å². The minimum absolute atomic E-state index is 0.133. The topological polar surface area (TPSA) is 53.0 Å². The van der Waals surface area contributed by atoms with Crippen LogP contribution in [0.4, 0.5) is 4.79 Å². The van der Waals surface area contributed by atoms with E-state index in [1.54, 1.807) is 12.0 Å². The quantitative estimate of drug-likeness (QED) is 0.646. The highest BCUT2D eigenvalue weighted by Gasteiger charge is 2.44. The van der Waals surface area contributed by atoms with E-state index in [4.69, 9.17) is 4.74 Å². The maximum absolute atomic E-state index is 12.2. The minimum atomic E-state index is -0.877. The third-order valence-corrected chi connectivity index (χ3v) is 6.22. The van der Waals surface area contributed by atoms with Gasteiger partial charge in [-0.25, -0.2) is 4.79 Å². The molecule has 5 heteroatoms. The van der Waals surface area contributed by atoms with Gasteiger partial charge in [-0.2, -0.15) is 0 Å². The maximum Gasteiger partial charge on any atom is 0.408 e. The molecule has 2 aromatic carbocycles. The van der Waals surface area contributed by atoms with Gasteiger partial charge in [-0.05, 0) is 51.2 Å². The number of nitrogens with zero attached hydrogens (tertiary/aromatic N) is 2. The average Bonchev–Trinajstić information content (AvgIpc) is 2.73. The zero-order valence-electron chi connectivity index (χ0n) is 19.2. The summed E-state index contributed by atoms with van der Waals surface area (Å²) in [6.07, 6.45) is 1.74. The number of carboxylic acid groups (broad SMARTS) is 1. The predicted molar refractivity (Wildman–Crippen MR) is 124 cm³/mol. The number of methoxy groups -OCH3 is 1. The number of hydrogen-bond acceptors (Lipinski definition) is 3. The summed E-state index contributed by atoms with van der Waals surface area (Å²) >= 11 is 0. The molecule has 0 radical (unpaired) electrons. The van der Waals surface area contributed by atoms with Gasteiger partial charge in [-0.3, -0.25) is 9.80 Å². The lowest BCUT2D eigenvalue weighted by atomic mass is 9.83. The van der Waals surface area contributed by atoms with Gasteiger partial charge in [0, 0.05) is 31.8 Å². The molecule has 0 spiro atoms. The van der Waals surface area contributed by atoms with E-state index in [9.17, 15) is 9.90 Å². The normalized spacial score (nSPS) is 21.8. The van der Waals surface area contributed by atoms with Crippen LogP contribution in [0.2, 0.25) is 0 Å². The highest BCUT2D eigenvalue weighted by molar-refractivity contribution is 5.66. The van der Waals surface area contributed by atoms with Gasteiger partial charge in [0.05, 0.1) is 12.1 Å². The molecule has 1 aliphatic rings. The summed E-state index contributed by atoms with van der Waals surface area (Å²) in [4.78, 5) is 16.3. The Labute approximate surface area is 186 Å². The van der Waals surface area contributed by atoms with Crippen LogP contribution in [-0.4, -0.2) is 51.8 Å². The van der Waals surface area contributed by atoms with Crippen molar-refractivity contribution in [3.05, 3.63) is 71.8 Å². The van der Waals surface area contributed by atoms with Crippen LogP contribution in [0.1, 0.15) is 51.2 Å². The lowest BCUT2D eigenvalue weighted by Crippen LogP contribution is -2.62. The van der Waals surface area contributed by atoms with E-state index >= 15 is 0 Å².